The van der Waals surface area contributed by atoms with E-state index in [4.69, 9.17) is 0 Å². The van der Waals surface area contributed by atoms with E-state index >= 15 is 0 Å². The molecule has 2 aromatic rings. The molecule has 2 heterocycles. The molecule has 0 aromatic carbocycles. The predicted molar refractivity (Wildman–Crippen MR) is 57.6 cm³/mol. The van der Waals surface area contributed by atoms with Gasteiger partial charge in [0.05, 0.1) is 12.7 Å². The van der Waals surface area contributed by atoms with Crippen molar-refractivity contribution < 1.29 is 14.3 Å². The average molecular weight is 218 g/mol. The largest absolute Gasteiger partial charge is 0.465 e. The Bertz CT molecular complexity index is 572. The standard InChI is InChI=1S/C11H10N2O3/c1-6-3-12-10-9(8(6)5-14)7(4-13-10)11(15)16-2/h3-5H,1-2H3,(H,12,13). The number of aldehydes is 1. The zero-order valence-electron chi connectivity index (χ0n) is 8.90. The summed E-state index contributed by atoms with van der Waals surface area (Å²) in [6.07, 6.45) is 3.80. The van der Waals surface area contributed by atoms with Gasteiger partial charge in [-0.15, -0.1) is 0 Å². The molecular formula is C11H10N2O3. The van der Waals surface area contributed by atoms with Crippen molar-refractivity contribution in [3.05, 3.63) is 29.1 Å². The Kier molecular flexibility index (Phi) is 2.44. The highest BCUT2D eigenvalue weighted by Gasteiger charge is 2.17. The van der Waals surface area contributed by atoms with E-state index in [1.165, 1.54) is 13.3 Å². The lowest BCUT2D eigenvalue weighted by molar-refractivity contribution is 0.0603. The fourth-order valence-corrected chi connectivity index (χ4v) is 1.64. The van der Waals surface area contributed by atoms with E-state index in [1.807, 2.05) is 0 Å². The maximum Gasteiger partial charge on any atom is 0.340 e. The molecule has 0 spiro atoms. The molecular weight excluding hydrogens is 208 g/mol. The summed E-state index contributed by atoms with van der Waals surface area (Å²) in [5.41, 5.74) is 2.03. The lowest BCUT2D eigenvalue weighted by Crippen LogP contribution is -2.01. The van der Waals surface area contributed by atoms with E-state index in [-0.39, 0.29) is 0 Å². The van der Waals surface area contributed by atoms with Crippen LogP contribution >= 0.6 is 0 Å². The first kappa shape index (κ1) is 10.4. The number of aromatic amines is 1. The molecule has 0 aliphatic carbocycles. The van der Waals surface area contributed by atoms with Crippen LogP contribution in [0.1, 0.15) is 26.3 Å². The van der Waals surface area contributed by atoms with Gasteiger partial charge in [0.2, 0.25) is 0 Å². The highest BCUT2D eigenvalue weighted by atomic mass is 16.5. The van der Waals surface area contributed by atoms with Crippen LogP contribution in [0.15, 0.2) is 12.4 Å². The number of carbonyl (C=O) groups is 2. The molecule has 1 N–H and O–H groups in total. The van der Waals surface area contributed by atoms with Crippen molar-refractivity contribution in [2.75, 3.05) is 7.11 Å². The van der Waals surface area contributed by atoms with Gasteiger partial charge < -0.3 is 9.72 Å². The van der Waals surface area contributed by atoms with Gasteiger partial charge in [-0.25, -0.2) is 9.78 Å². The molecule has 5 nitrogen and oxygen atoms in total. The molecule has 16 heavy (non-hydrogen) atoms. The van der Waals surface area contributed by atoms with E-state index < -0.39 is 5.97 Å². The minimum atomic E-state index is -0.484. The average Bonchev–Trinajstić information content (AvgIpc) is 2.72. The van der Waals surface area contributed by atoms with Crippen LogP contribution in [0.25, 0.3) is 11.0 Å². The van der Waals surface area contributed by atoms with Gasteiger partial charge in [0.1, 0.15) is 5.65 Å². The first-order valence-corrected chi connectivity index (χ1v) is 4.69. The normalized spacial score (nSPS) is 10.4. The van der Waals surface area contributed by atoms with Crippen molar-refractivity contribution in [1.82, 2.24) is 9.97 Å². The fraction of sp³-hybridized carbons (Fsp3) is 0.182. The Morgan fingerprint density at radius 3 is 2.94 bits per heavy atom. The predicted octanol–water partition coefficient (Wildman–Crippen LogP) is 1.47. The van der Waals surface area contributed by atoms with Crippen molar-refractivity contribution in [2.45, 2.75) is 6.92 Å². The maximum atomic E-state index is 11.5. The minimum absolute atomic E-state index is 0.329. The highest BCUT2D eigenvalue weighted by Crippen LogP contribution is 2.22. The number of methoxy groups -OCH3 is 1. The number of hydrogen-bond acceptors (Lipinski definition) is 4. The number of aryl methyl sites for hydroxylation is 1. The second-order valence-corrected chi connectivity index (χ2v) is 3.39. The summed E-state index contributed by atoms with van der Waals surface area (Å²) in [5, 5.41) is 0.516. The van der Waals surface area contributed by atoms with Gasteiger partial charge in [-0.05, 0) is 12.5 Å². The summed E-state index contributed by atoms with van der Waals surface area (Å²) in [5.74, 6) is -0.484. The quantitative estimate of drug-likeness (QED) is 0.612. The molecule has 0 aliphatic rings. The maximum absolute atomic E-state index is 11.5. The Morgan fingerprint density at radius 1 is 1.56 bits per heavy atom. The van der Waals surface area contributed by atoms with Crippen molar-refractivity contribution >= 4 is 23.3 Å². The van der Waals surface area contributed by atoms with E-state index in [2.05, 4.69) is 14.7 Å². The fourth-order valence-electron chi connectivity index (χ4n) is 1.64. The third-order valence-electron chi connectivity index (χ3n) is 2.46. The SMILES string of the molecule is COC(=O)c1c[nH]c2ncc(C)c(C=O)c12. The molecule has 0 atom stereocenters. The minimum Gasteiger partial charge on any atom is -0.465 e. The van der Waals surface area contributed by atoms with Crippen molar-refractivity contribution in [3.63, 3.8) is 0 Å². The van der Waals surface area contributed by atoms with E-state index in [1.54, 1.807) is 13.1 Å². The van der Waals surface area contributed by atoms with Gasteiger partial charge >= 0.3 is 5.97 Å². The molecule has 2 aromatic heterocycles. The summed E-state index contributed by atoms with van der Waals surface area (Å²) in [6.45, 7) is 1.77. The molecule has 0 unspecified atom stereocenters. The van der Waals surface area contributed by atoms with Crippen molar-refractivity contribution in [1.29, 1.82) is 0 Å². The monoisotopic (exact) mass is 218 g/mol. The Morgan fingerprint density at radius 2 is 2.31 bits per heavy atom. The molecule has 0 saturated heterocycles. The van der Waals surface area contributed by atoms with E-state index in [9.17, 15) is 9.59 Å². The number of H-pyrrole nitrogens is 1. The van der Waals surface area contributed by atoms with E-state index in [0.717, 1.165) is 11.8 Å². The molecule has 2 rings (SSSR count). The molecule has 82 valence electrons. The summed E-state index contributed by atoms with van der Waals surface area (Å²) in [6, 6.07) is 0. The number of hydrogen-bond donors (Lipinski definition) is 1. The van der Waals surface area contributed by atoms with Crippen LogP contribution < -0.4 is 0 Å². The lowest BCUT2D eigenvalue weighted by Gasteiger charge is -2.01. The number of esters is 1. The van der Waals surface area contributed by atoms with Crippen molar-refractivity contribution in [2.24, 2.45) is 0 Å². The van der Waals surface area contributed by atoms with E-state index in [0.29, 0.717) is 22.2 Å². The topological polar surface area (TPSA) is 72.1 Å². The van der Waals surface area contributed by atoms with Crippen LogP contribution in [0.5, 0.6) is 0 Å². The first-order valence-electron chi connectivity index (χ1n) is 4.69. The zero-order valence-corrected chi connectivity index (χ0v) is 8.90. The molecule has 0 bridgehead atoms. The third-order valence-corrected chi connectivity index (χ3v) is 2.46. The second-order valence-electron chi connectivity index (χ2n) is 3.39. The molecule has 5 heteroatoms. The number of pyridine rings is 1. The number of ether oxygens (including phenoxy) is 1. The summed E-state index contributed by atoms with van der Waals surface area (Å²) >= 11 is 0. The van der Waals surface area contributed by atoms with Gasteiger partial charge in [-0.1, -0.05) is 0 Å². The number of nitrogens with one attached hydrogen (secondary N) is 1. The van der Waals surface area contributed by atoms with Crippen LogP contribution in [-0.4, -0.2) is 29.3 Å². The van der Waals surface area contributed by atoms with Crippen LogP contribution in [0, 0.1) is 6.92 Å². The van der Waals surface area contributed by atoms with Gasteiger partial charge in [0.25, 0.3) is 0 Å². The second kappa shape index (κ2) is 3.77. The summed E-state index contributed by atoms with van der Waals surface area (Å²) < 4.78 is 4.64. The Balaban J connectivity index is 2.82. The van der Waals surface area contributed by atoms with Gasteiger partial charge in [0.15, 0.2) is 6.29 Å². The molecule has 0 saturated carbocycles. The molecule has 0 aliphatic heterocycles. The van der Waals surface area contributed by atoms with Crippen molar-refractivity contribution in [3.8, 4) is 0 Å². The number of nitrogens with zero attached hydrogens (tertiary/aromatic N) is 1. The van der Waals surface area contributed by atoms with Crippen LogP contribution in [-0.2, 0) is 4.74 Å². The first-order chi connectivity index (χ1) is 7.69. The number of rotatable bonds is 2. The summed E-state index contributed by atoms with van der Waals surface area (Å²) in [7, 11) is 1.30. The van der Waals surface area contributed by atoms with Gasteiger partial charge in [0, 0.05) is 23.3 Å². The zero-order chi connectivity index (χ0) is 11.7. The molecule has 0 fully saturated rings. The van der Waals surface area contributed by atoms with Crippen LogP contribution in [0.4, 0.5) is 0 Å². The molecule has 0 radical (unpaired) electrons. The Labute approximate surface area is 91.4 Å². The number of carbonyl (C=O) groups excluding carboxylic acids is 2. The number of aromatic nitrogens is 2. The highest BCUT2D eigenvalue weighted by molar-refractivity contribution is 6.09. The van der Waals surface area contributed by atoms with Gasteiger partial charge in [-0.3, -0.25) is 4.79 Å². The lowest BCUT2D eigenvalue weighted by atomic mass is 10.1. The smallest absolute Gasteiger partial charge is 0.340 e. The number of fused-ring (bicyclic) bond motifs is 1. The van der Waals surface area contributed by atoms with Gasteiger partial charge in [-0.2, -0.15) is 0 Å². The van der Waals surface area contributed by atoms with Crippen LogP contribution in [0.2, 0.25) is 0 Å². The Hall–Kier alpha value is -2.17. The van der Waals surface area contributed by atoms with Crippen LogP contribution in [0.3, 0.4) is 0 Å². The third kappa shape index (κ3) is 1.37. The molecule has 0 amide bonds. The summed E-state index contributed by atoms with van der Waals surface area (Å²) in [4.78, 5) is 29.4.